The van der Waals surface area contributed by atoms with E-state index in [0.29, 0.717) is 18.0 Å². The Labute approximate surface area is 182 Å². The van der Waals surface area contributed by atoms with Crippen LogP contribution < -0.4 is 5.73 Å². The predicted molar refractivity (Wildman–Crippen MR) is 125 cm³/mol. The van der Waals surface area contributed by atoms with Gasteiger partial charge >= 0.3 is 0 Å². The molecule has 5 rings (SSSR count). The molecule has 0 bridgehead atoms. The third-order valence-corrected chi connectivity index (χ3v) is 6.79. The van der Waals surface area contributed by atoms with E-state index in [-0.39, 0.29) is 11.9 Å². The van der Waals surface area contributed by atoms with E-state index in [4.69, 9.17) is 10.7 Å². The Morgan fingerprint density at radius 1 is 1.16 bits per heavy atom. The molecule has 160 valence electrons. The first-order valence-electron chi connectivity index (χ1n) is 11.1. The quantitative estimate of drug-likeness (QED) is 0.549. The lowest BCUT2D eigenvalue weighted by Crippen LogP contribution is -2.49. The van der Waals surface area contributed by atoms with Gasteiger partial charge in [0.1, 0.15) is 0 Å². The lowest BCUT2D eigenvalue weighted by atomic mass is 9.94. The number of benzene rings is 2. The number of piperidine rings is 1. The maximum absolute atomic E-state index is 13.1. The molecular formula is C25H29N5O. The van der Waals surface area contributed by atoms with Crippen molar-refractivity contribution in [2.24, 2.45) is 18.7 Å². The summed E-state index contributed by atoms with van der Waals surface area (Å²) in [5, 5.41) is 1.21. The van der Waals surface area contributed by atoms with Crippen LogP contribution in [0.1, 0.15) is 30.6 Å². The van der Waals surface area contributed by atoms with Gasteiger partial charge in [0, 0.05) is 49.2 Å². The van der Waals surface area contributed by atoms with Gasteiger partial charge in [-0.15, -0.1) is 0 Å². The van der Waals surface area contributed by atoms with E-state index < -0.39 is 0 Å². The summed E-state index contributed by atoms with van der Waals surface area (Å²) >= 11 is 0. The lowest BCUT2D eigenvalue weighted by Gasteiger charge is -2.35. The third-order valence-electron chi connectivity index (χ3n) is 6.79. The number of likely N-dealkylation sites (tertiary alicyclic amines) is 1. The highest BCUT2D eigenvalue weighted by atomic mass is 16.2. The van der Waals surface area contributed by atoms with Crippen molar-refractivity contribution in [2.45, 2.75) is 32.9 Å². The molecule has 0 radical (unpaired) electrons. The second kappa shape index (κ2) is 7.54. The van der Waals surface area contributed by atoms with Crippen LogP contribution >= 0.6 is 0 Å². The molecule has 31 heavy (non-hydrogen) atoms. The molecule has 1 fully saturated rings. The van der Waals surface area contributed by atoms with Crippen molar-refractivity contribution in [1.82, 2.24) is 19.0 Å². The minimum absolute atomic E-state index is 0.0406. The molecule has 0 spiro atoms. The Morgan fingerprint density at radius 3 is 2.74 bits per heavy atom. The molecule has 2 atom stereocenters. The van der Waals surface area contributed by atoms with Crippen molar-refractivity contribution in [1.29, 1.82) is 0 Å². The minimum atomic E-state index is 0.0406. The van der Waals surface area contributed by atoms with Crippen LogP contribution in [0.3, 0.4) is 0 Å². The standard InChI is InChI=1S/C25H29N5O/c1-4-30-21-8-6-5-7-17(21)14-23(30)24-27-20-13-18(9-10-22(20)28(24)3)25(31)29-12-11-16(2)19(26)15-29/h5-10,13-14,16,19H,4,11-12,15,26H2,1-3H3/t16-,19-/m1/s1. The molecule has 1 amide bonds. The molecule has 6 heteroatoms. The molecule has 6 nitrogen and oxygen atoms in total. The van der Waals surface area contributed by atoms with Crippen LogP contribution in [0.2, 0.25) is 0 Å². The molecule has 4 aromatic rings. The molecule has 1 saturated heterocycles. The van der Waals surface area contributed by atoms with Gasteiger partial charge in [-0.3, -0.25) is 4.79 Å². The van der Waals surface area contributed by atoms with E-state index in [1.54, 1.807) is 0 Å². The molecule has 1 aliphatic heterocycles. The van der Waals surface area contributed by atoms with Crippen LogP contribution in [0, 0.1) is 5.92 Å². The summed E-state index contributed by atoms with van der Waals surface area (Å²) in [6, 6.07) is 16.5. The van der Waals surface area contributed by atoms with Gasteiger partial charge in [-0.25, -0.2) is 4.98 Å². The topological polar surface area (TPSA) is 69.1 Å². The highest BCUT2D eigenvalue weighted by Crippen LogP contribution is 2.30. The fourth-order valence-corrected chi connectivity index (χ4v) is 4.76. The summed E-state index contributed by atoms with van der Waals surface area (Å²) in [7, 11) is 2.04. The van der Waals surface area contributed by atoms with Crippen molar-refractivity contribution < 1.29 is 4.79 Å². The SMILES string of the molecule is CCn1c(-c2nc3cc(C(=O)N4CC[C@@H](C)[C@H](N)C4)ccc3n2C)cc2ccccc21. The summed E-state index contributed by atoms with van der Waals surface area (Å²) in [6.45, 7) is 6.55. The number of carbonyl (C=O) groups is 1. The number of aryl methyl sites for hydroxylation is 2. The van der Waals surface area contributed by atoms with Crippen molar-refractivity contribution in [3.05, 3.63) is 54.1 Å². The molecule has 2 aromatic heterocycles. The lowest BCUT2D eigenvalue weighted by molar-refractivity contribution is 0.0672. The summed E-state index contributed by atoms with van der Waals surface area (Å²) in [5.74, 6) is 1.40. The zero-order valence-electron chi connectivity index (χ0n) is 18.4. The van der Waals surface area contributed by atoms with Crippen LogP contribution in [-0.4, -0.2) is 44.1 Å². The van der Waals surface area contributed by atoms with Gasteiger partial charge in [0.25, 0.3) is 5.91 Å². The smallest absolute Gasteiger partial charge is 0.253 e. The molecular weight excluding hydrogens is 386 g/mol. The van der Waals surface area contributed by atoms with E-state index in [9.17, 15) is 4.79 Å². The maximum Gasteiger partial charge on any atom is 0.253 e. The summed E-state index contributed by atoms with van der Waals surface area (Å²) < 4.78 is 4.40. The van der Waals surface area contributed by atoms with Crippen molar-refractivity contribution >= 4 is 27.8 Å². The van der Waals surface area contributed by atoms with Crippen LogP contribution in [-0.2, 0) is 13.6 Å². The monoisotopic (exact) mass is 415 g/mol. The van der Waals surface area contributed by atoms with Crippen molar-refractivity contribution in [2.75, 3.05) is 13.1 Å². The number of nitrogens with zero attached hydrogens (tertiary/aromatic N) is 4. The van der Waals surface area contributed by atoms with E-state index in [1.165, 1.54) is 10.9 Å². The van der Waals surface area contributed by atoms with Crippen LogP contribution in [0.15, 0.2) is 48.5 Å². The highest BCUT2D eigenvalue weighted by molar-refractivity contribution is 5.98. The number of nitrogens with two attached hydrogens (primary N) is 1. The number of aromatic nitrogens is 3. The average molecular weight is 416 g/mol. The number of hydrogen-bond donors (Lipinski definition) is 1. The zero-order valence-corrected chi connectivity index (χ0v) is 18.4. The second-order valence-electron chi connectivity index (χ2n) is 8.71. The highest BCUT2D eigenvalue weighted by Gasteiger charge is 2.27. The Bertz CT molecular complexity index is 1280. The number of rotatable bonds is 3. The molecule has 3 heterocycles. The Balaban J connectivity index is 1.54. The van der Waals surface area contributed by atoms with E-state index >= 15 is 0 Å². The number of para-hydroxylation sites is 1. The molecule has 2 N–H and O–H groups in total. The molecule has 1 aliphatic rings. The second-order valence-corrected chi connectivity index (χ2v) is 8.71. The number of amides is 1. The van der Waals surface area contributed by atoms with Gasteiger partial charge in [-0.2, -0.15) is 0 Å². The Kier molecular flexibility index (Phi) is 4.82. The fraction of sp³-hybridized carbons (Fsp3) is 0.360. The van der Waals surface area contributed by atoms with E-state index in [2.05, 4.69) is 53.3 Å². The minimum Gasteiger partial charge on any atom is -0.338 e. The maximum atomic E-state index is 13.1. The number of carbonyl (C=O) groups excluding carboxylic acids is 1. The number of hydrogen-bond acceptors (Lipinski definition) is 3. The van der Waals surface area contributed by atoms with Crippen molar-refractivity contribution in [3.8, 4) is 11.5 Å². The molecule has 0 aliphatic carbocycles. The van der Waals surface area contributed by atoms with Crippen molar-refractivity contribution in [3.63, 3.8) is 0 Å². The van der Waals surface area contributed by atoms with Crippen LogP contribution in [0.5, 0.6) is 0 Å². The van der Waals surface area contributed by atoms with Gasteiger partial charge in [-0.05, 0) is 49.6 Å². The average Bonchev–Trinajstić information content (AvgIpc) is 3.32. The third kappa shape index (κ3) is 3.22. The Hall–Kier alpha value is -3.12. The van der Waals surface area contributed by atoms with Gasteiger partial charge < -0.3 is 19.8 Å². The van der Waals surface area contributed by atoms with Gasteiger partial charge in [0.15, 0.2) is 5.82 Å². The first kappa shape index (κ1) is 19.8. The van der Waals surface area contributed by atoms with Gasteiger partial charge in [0.2, 0.25) is 0 Å². The normalized spacial score (nSPS) is 19.4. The number of fused-ring (bicyclic) bond motifs is 2. The van der Waals surface area contributed by atoms with E-state index in [1.807, 2.05) is 30.1 Å². The molecule has 2 aromatic carbocycles. The molecule has 0 unspecified atom stereocenters. The van der Waals surface area contributed by atoms with E-state index in [0.717, 1.165) is 42.1 Å². The summed E-state index contributed by atoms with van der Waals surface area (Å²) in [5.41, 5.74) is 11.0. The van der Waals surface area contributed by atoms with Gasteiger partial charge in [0.05, 0.1) is 16.7 Å². The zero-order chi connectivity index (χ0) is 21.7. The number of imidazole rings is 1. The summed E-state index contributed by atoms with van der Waals surface area (Å²) in [6.07, 6.45) is 0.949. The largest absolute Gasteiger partial charge is 0.338 e. The summed E-state index contributed by atoms with van der Waals surface area (Å²) in [4.78, 5) is 19.9. The van der Waals surface area contributed by atoms with Gasteiger partial charge in [-0.1, -0.05) is 25.1 Å². The first-order valence-corrected chi connectivity index (χ1v) is 11.1. The fourth-order valence-electron chi connectivity index (χ4n) is 4.76. The van der Waals surface area contributed by atoms with Crippen LogP contribution in [0.4, 0.5) is 0 Å². The van der Waals surface area contributed by atoms with Crippen LogP contribution in [0.25, 0.3) is 33.5 Å². The predicted octanol–water partition coefficient (Wildman–Crippen LogP) is 4.02. The first-order chi connectivity index (χ1) is 15.0. The molecule has 0 saturated carbocycles. The Morgan fingerprint density at radius 2 is 1.97 bits per heavy atom.